The number of nitrogens with zero attached hydrogens (tertiary/aromatic N) is 1. The minimum Gasteiger partial charge on any atom is -0.385 e. The molecule has 0 atom stereocenters. The first kappa shape index (κ1) is 20.2. The Balaban J connectivity index is 1.63. The van der Waals surface area contributed by atoms with E-state index in [0.717, 1.165) is 26.0 Å². The second kappa shape index (κ2) is 10.8. The Morgan fingerprint density at radius 3 is 2.58 bits per heavy atom. The van der Waals surface area contributed by atoms with Crippen molar-refractivity contribution < 1.29 is 9.53 Å². The van der Waals surface area contributed by atoms with Crippen LogP contribution in [0.5, 0.6) is 0 Å². The SMILES string of the molecule is CN=C(NCC(=O)NCCc1ccccc1)NCC1(CCOC)CCC1. The summed E-state index contributed by atoms with van der Waals surface area (Å²) in [7, 11) is 3.47. The smallest absolute Gasteiger partial charge is 0.239 e. The van der Waals surface area contributed by atoms with Crippen molar-refractivity contribution in [1.82, 2.24) is 16.0 Å². The van der Waals surface area contributed by atoms with Gasteiger partial charge in [-0.15, -0.1) is 0 Å². The predicted octanol–water partition coefficient (Wildman–Crippen LogP) is 1.72. The first-order chi connectivity index (χ1) is 12.7. The van der Waals surface area contributed by atoms with E-state index in [2.05, 4.69) is 33.1 Å². The highest BCUT2D eigenvalue weighted by molar-refractivity contribution is 5.86. The van der Waals surface area contributed by atoms with E-state index in [1.54, 1.807) is 14.2 Å². The average molecular weight is 361 g/mol. The Hall–Kier alpha value is -2.08. The van der Waals surface area contributed by atoms with Gasteiger partial charge in [0.1, 0.15) is 0 Å². The van der Waals surface area contributed by atoms with Crippen LogP contribution in [0.4, 0.5) is 0 Å². The number of hydrogen-bond donors (Lipinski definition) is 3. The Kier molecular flexibility index (Phi) is 8.41. The lowest BCUT2D eigenvalue weighted by Gasteiger charge is -2.42. The van der Waals surface area contributed by atoms with Crippen LogP contribution in [0, 0.1) is 5.41 Å². The molecule has 144 valence electrons. The molecule has 6 heteroatoms. The van der Waals surface area contributed by atoms with Crippen LogP contribution < -0.4 is 16.0 Å². The second-order valence-corrected chi connectivity index (χ2v) is 6.96. The van der Waals surface area contributed by atoms with Crippen LogP contribution in [0.15, 0.2) is 35.3 Å². The monoisotopic (exact) mass is 360 g/mol. The summed E-state index contributed by atoms with van der Waals surface area (Å²) in [5.41, 5.74) is 1.53. The molecule has 1 amide bonds. The maximum atomic E-state index is 12.0. The van der Waals surface area contributed by atoms with Crippen LogP contribution in [0.3, 0.4) is 0 Å². The molecule has 1 aliphatic carbocycles. The maximum Gasteiger partial charge on any atom is 0.239 e. The molecule has 1 aromatic rings. The molecule has 0 bridgehead atoms. The second-order valence-electron chi connectivity index (χ2n) is 6.96. The quantitative estimate of drug-likeness (QED) is 0.439. The number of amides is 1. The lowest BCUT2D eigenvalue weighted by atomic mass is 9.67. The molecular formula is C20H32N4O2. The maximum absolute atomic E-state index is 12.0. The first-order valence-corrected chi connectivity index (χ1v) is 9.41. The number of nitrogens with one attached hydrogen (secondary N) is 3. The third-order valence-corrected chi connectivity index (χ3v) is 5.10. The third kappa shape index (κ3) is 6.67. The number of carbonyl (C=O) groups is 1. The van der Waals surface area contributed by atoms with E-state index in [1.807, 2.05) is 18.2 Å². The van der Waals surface area contributed by atoms with Crippen molar-refractivity contribution in [1.29, 1.82) is 0 Å². The largest absolute Gasteiger partial charge is 0.385 e. The van der Waals surface area contributed by atoms with Crippen molar-refractivity contribution in [3.63, 3.8) is 0 Å². The highest BCUT2D eigenvalue weighted by Gasteiger charge is 2.36. The topological polar surface area (TPSA) is 74.8 Å². The lowest BCUT2D eigenvalue weighted by molar-refractivity contribution is -0.119. The fraction of sp³-hybridized carbons (Fsp3) is 0.600. The number of ether oxygens (including phenoxy) is 1. The third-order valence-electron chi connectivity index (χ3n) is 5.10. The van der Waals surface area contributed by atoms with Gasteiger partial charge in [-0.05, 0) is 36.7 Å². The lowest BCUT2D eigenvalue weighted by Crippen LogP contribution is -2.48. The molecule has 0 spiro atoms. The van der Waals surface area contributed by atoms with E-state index in [0.29, 0.717) is 17.9 Å². The van der Waals surface area contributed by atoms with Gasteiger partial charge in [0.05, 0.1) is 6.54 Å². The van der Waals surface area contributed by atoms with Crippen LogP contribution in [0.1, 0.15) is 31.2 Å². The Labute approximate surface area is 156 Å². The number of methoxy groups -OCH3 is 1. The zero-order valence-corrected chi connectivity index (χ0v) is 16.0. The molecular weight excluding hydrogens is 328 g/mol. The predicted molar refractivity (Wildman–Crippen MR) is 105 cm³/mol. The molecule has 0 unspecified atom stereocenters. The number of rotatable bonds is 10. The fourth-order valence-corrected chi connectivity index (χ4v) is 3.22. The Bertz CT molecular complexity index is 570. The molecule has 0 saturated heterocycles. The standard InChI is InChI=1S/C20H32N4O2/c1-21-19(24-16-20(10-6-11-20)12-14-26-2)23-15-18(25)22-13-9-17-7-4-3-5-8-17/h3-5,7-8H,6,9-16H2,1-2H3,(H,22,25)(H2,21,23,24). The van der Waals surface area contributed by atoms with Crippen molar-refractivity contribution in [2.24, 2.45) is 10.4 Å². The molecule has 6 nitrogen and oxygen atoms in total. The molecule has 1 aromatic carbocycles. The van der Waals surface area contributed by atoms with Gasteiger partial charge in [-0.2, -0.15) is 0 Å². The van der Waals surface area contributed by atoms with Gasteiger partial charge < -0.3 is 20.7 Å². The molecule has 0 aromatic heterocycles. The minimum atomic E-state index is -0.0263. The summed E-state index contributed by atoms with van der Waals surface area (Å²) in [5.74, 6) is 0.647. The number of carbonyl (C=O) groups excluding carboxylic acids is 1. The van der Waals surface area contributed by atoms with E-state index in [-0.39, 0.29) is 12.5 Å². The number of benzene rings is 1. The molecule has 26 heavy (non-hydrogen) atoms. The van der Waals surface area contributed by atoms with E-state index in [4.69, 9.17) is 4.74 Å². The van der Waals surface area contributed by atoms with Gasteiger partial charge >= 0.3 is 0 Å². The summed E-state index contributed by atoms with van der Waals surface area (Å²) in [6.07, 6.45) is 5.62. The molecule has 0 aliphatic heterocycles. The molecule has 3 N–H and O–H groups in total. The number of aliphatic imine (C=N–C) groups is 1. The summed E-state index contributed by atoms with van der Waals surface area (Å²) in [4.78, 5) is 16.2. The summed E-state index contributed by atoms with van der Waals surface area (Å²) in [6.45, 7) is 2.51. The molecule has 0 heterocycles. The van der Waals surface area contributed by atoms with Crippen LogP contribution >= 0.6 is 0 Å². The van der Waals surface area contributed by atoms with Gasteiger partial charge in [-0.3, -0.25) is 9.79 Å². The van der Waals surface area contributed by atoms with Gasteiger partial charge in [0.25, 0.3) is 0 Å². The summed E-state index contributed by atoms with van der Waals surface area (Å²) < 4.78 is 5.23. The molecule has 1 saturated carbocycles. The van der Waals surface area contributed by atoms with Gasteiger partial charge in [0, 0.05) is 33.9 Å². The van der Waals surface area contributed by atoms with Crippen molar-refractivity contribution in [3.05, 3.63) is 35.9 Å². The van der Waals surface area contributed by atoms with Crippen molar-refractivity contribution in [3.8, 4) is 0 Å². The summed E-state index contributed by atoms with van der Waals surface area (Å²) >= 11 is 0. The average Bonchev–Trinajstić information content (AvgIpc) is 2.63. The van der Waals surface area contributed by atoms with Crippen molar-refractivity contribution in [2.45, 2.75) is 32.1 Å². The number of hydrogen-bond acceptors (Lipinski definition) is 3. The molecule has 2 rings (SSSR count). The van der Waals surface area contributed by atoms with Gasteiger partial charge in [0.2, 0.25) is 5.91 Å². The molecule has 1 aliphatic rings. The van der Waals surface area contributed by atoms with Crippen LogP contribution in [-0.4, -0.2) is 52.3 Å². The summed E-state index contributed by atoms with van der Waals surface area (Å²) in [6, 6.07) is 10.1. The fourth-order valence-electron chi connectivity index (χ4n) is 3.22. The van der Waals surface area contributed by atoms with E-state index in [9.17, 15) is 4.79 Å². The molecule has 0 radical (unpaired) electrons. The first-order valence-electron chi connectivity index (χ1n) is 9.41. The van der Waals surface area contributed by atoms with Crippen LogP contribution in [0.2, 0.25) is 0 Å². The van der Waals surface area contributed by atoms with E-state index >= 15 is 0 Å². The van der Waals surface area contributed by atoms with Crippen LogP contribution in [-0.2, 0) is 16.0 Å². The van der Waals surface area contributed by atoms with Crippen molar-refractivity contribution in [2.75, 3.05) is 40.4 Å². The van der Waals surface area contributed by atoms with Gasteiger partial charge in [0.15, 0.2) is 5.96 Å². The highest BCUT2D eigenvalue weighted by Crippen LogP contribution is 2.43. The van der Waals surface area contributed by atoms with Crippen LogP contribution in [0.25, 0.3) is 0 Å². The zero-order valence-electron chi connectivity index (χ0n) is 16.0. The Morgan fingerprint density at radius 1 is 1.19 bits per heavy atom. The zero-order chi connectivity index (χ0) is 18.7. The highest BCUT2D eigenvalue weighted by atomic mass is 16.5. The van der Waals surface area contributed by atoms with E-state index in [1.165, 1.54) is 24.8 Å². The molecule has 1 fully saturated rings. The van der Waals surface area contributed by atoms with Gasteiger partial charge in [-0.1, -0.05) is 36.8 Å². The normalized spacial score (nSPS) is 15.8. The Morgan fingerprint density at radius 2 is 1.96 bits per heavy atom. The summed E-state index contributed by atoms with van der Waals surface area (Å²) in [5, 5.41) is 9.38. The number of guanidine groups is 1. The van der Waals surface area contributed by atoms with Gasteiger partial charge in [-0.25, -0.2) is 0 Å². The van der Waals surface area contributed by atoms with Crippen molar-refractivity contribution >= 4 is 11.9 Å². The minimum absolute atomic E-state index is 0.0263. The van der Waals surface area contributed by atoms with E-state index < -0.39 is 0 Å².